The second-order valence-electron chi connectivity index (χ2n) is 5.26. The van der Waals surface area contributed by atoms with E-state index < -0.39 is 0 Å². The van der Waals surface area contributed by atoms with Gasteiger partial charge in [0.15, 0.2) is 5.82 Å². The van der Waals surface area contributed by atoms with Gasteiger partial charge in [-0.05, 0) is 38.2 Å². The fourth-order valence-corrected chi connectivity index (χ4v) is 3.23. The summed E-state index contributed by atoms with van der Waals surface area (Å²) < 4.78 is 4.13. The molecule has 0 unspecified atom stereocenters. The van der Waals surface area contributed by atoms with Crippen molar-refractivity contribution in [2.75, 3.05) is 23.8 Å². The summed E-state index contributed by atoms with van der Waals surface area (Å²) in [6.07, 6.45) is 1.86. The van der Waals surface area contributed by atoms with E-state index in [9.17, 15) is 9.90 Å². The Kier molecular flexibility index (Phi) is 6.91. The fourth-order valence-electron chi connectivity index (χ4n) is 2.32. The molecule has 21 heavy (non-hydrogen) atoms. The summed E-state index contributed by atoms with van der Waals surface area (Å²) in [5.74, 6) is 0.0437. The third-order valence-corrected chi connectivity index (χ3v) is 4.23. The van der Waals surface area contributed by atoms with E-state index in [-0.39, 0.29) is 30.4 Å². The van der Waals surface area contributed by atoms with Crippen LogP contribution in [0.5, 0.6) is 0 Å². The molecule has 0 aromatic carbocycles. The standard InChI is InChI=1S/C14H26N4O2S/c1-5-10(6-2)18(7-8-19)14-11(12(15)17-21-14)13(20)16-9(3)4/h9-10,19H,5-8H2,1-4H3,(H2,15,17)(H,16,20). The number of rotatable bonds is 8. The first kappa shape index (κ1) is 17.7. The molecule has 1 amide bonds. The molecule has 0 spiro atoms. The number of hydrogen-bond donors (Lipinski definition) is 3. The number of anilines is 2. The zero-order valence-electron chi connectivity index (χ0n) is 13.2. The van der Waals surface area contributed by atoms with Crippen molar-refractivity contribution < 1.29 is 9.90 Å². The molecule has 4 N–H and O–H groups in total. The number of hydrogen-bond acceptors (Lipinski definition) is 6. The number of aliphatic hydroxyl groups excluding tert-OH is 1. The quantitative estimate of drug-likeness (QED) is 0.681. The summed E-state index contributed by atoms with van der Waals surface area (Å²) in [6.45, 7) is 8.49. The smallest absolute Gasteiger partial charge is 0.258 e. The van der Waals surface area contributed by atoms with Crippen LogP contribution in [0.15, 0.2) is 0 Å². The van der Waals surface area contributed by atoms with E-state index in [4.69, 9.17) is 5.73 Å². The molecule has 1 aromatic rings. The number of nitrogens with zero attached hydrogens (tertiary/aromatic N) is 2. The third kappa shape index (κ3) is 4.31. The minimum absolute atomic E-state index is 0.0273. The maximum atomic E-state index is 12.4. The van der Waals surface area contributed by atoms with Crippen molar-refractivity contribution in [2.45, 2.75) is 52.6 Å². The Bertz CT molecular complexity index is 458. The van der Waals surface area contributed by atoms with Crippen molar-refractivity contribution in [3.8, 4) is 0 Å². The van der Waals surface area contributed by atoms with Gasteiger partial charge in [-0.3, -0.25) is 4.79 Å². The average molecular weight is 314 g/mol. The molecule has 1 aromatic heterocycles. The predicted molar refractivity (Wildman–Crippen MR) is 87.9 cm³/mol. The van der Waals surface area contributed by atoms with Gasteiger partial charge < -0.3 is 21.1 Å². The largest absolute Gasteiger partial charge is 0.395 e. The van der Waals surface area contributed by atoms with Gasteiger partial charge in [-0.2, -0.15) is 4.37 Å². The Morgan fingerprint density at radius 1 is 1.43 bits per heavy atom. The summed E-state index contributed by atoms with van der Waals surface area (Å²) >= 11 is 1.22. The summed E-state index contributed by atoms with van der Waals surface area (Å²) in [6, 6.07) is 0.284. The predicted octanol–water partition coefficient (Wildman–Crippen LogP) is 1.85. The first-order valence-corrected chi connectivity index (χ1v) is 8.16. The molecule has 1 heterocycles. The molecule has 120 valence electrons. The van der Waals surface area contributed by atoms with Crippen molar-refractivity contribution in [3.63, 3.8) is 0 Å². The van der Waals surface area contributed by atoms with Gasteiger partial charge in [-0.25, -0.2) is 0 Å². The van der Waals surface area contributed by atoms with Crippen molar-refractivity contribution in [2.24, 2.45) is 0 Å². The molecule has 0 aliphatic carbocycles. The van der Waals surface area contributed by atoms with Gasteiger partial charge in [0.05, 0.1) is 6.61 Å². The van der Waals surface area contributed by atoms with E-state index >= 15 is 0 Å². The van der Waals surface area contributed by atoms with E-state index in [1.54, 1.807) is 0 Å². The van der Waals surface area contributed by atoms with E-state index in [0.29, 0.717) is 12.1 Å². The highest BCUT2D eigenvalue weighted by Crippen LogP contribution is 2.33. The van der Waals surface area contributed by atoms with Crippen molar-refractivity contribution in [1.29, 1.82) is 0 Å². The van der Waals surface area contributed by atoms with Gasteiger partial charge in [0.25, 0.3) is 5.91 Å². The van der Waals surface area contributed by atoms with Crippen LogP contribution >= 0.6 is 11.5 Å². The number of carbonyl (C=O) groups excluding carboxylic acids is 1. The minimum Gasteiger partial charge on any atom is -0.395 e. The Hall–Kier alpha value is -1.34. The van der Waals surface area contributed by atoms with Gasteiger partial charge in [0, 0.05) is 18.6 Å². The number of nitrogen functional groups attached to an aromatic ring is 1. The molecule has 1 rings (SSSR count). The number of aliphatic hydroxyl groups is 1. The Morgan fingerprint density at radius 3 is 2.52 bits per heavy atom. The zero-order valence-corrected chi connectivity index (χ0v) is 14.0. The summed E-state index contributed by atoms with van der Waals surface area (Å²) in [7, 11) is 0. The van der Waals surface area contributed by atoms with Crippen LogP contribution in [-0.4, -0.2) is 40.6 Å². The third-order valence-electron chi connectivity index (χ3n) is 3.33. The van der Waals surface area contributed by atoms with Crippen LogP contribution in [-0.2, 0) is 0 Å². The van der Waals surface area contributed by atoms with Gasteiger partial charge in [-0.15, -0.1) is 0 Å². The maximum absolute atomic E-state index is 12.4. The molecule has 0 aliphatic rings. The van der Waals surface area contributed by atoms with E-state index in [1.165, 1.54) is 11.5 Å². The van der Waals surface area contributed by atoms with Crippen LogP contribution in [0.1, 0.15) is 50.9 Å². The fraction of sp³-hybridized carbons (Fsp3) is 0.714. The lowest BCUT2D eigenvalue weighted by atomic mass is 10.1. The molecular weight excluding hydrogens is 288 g/mol. The van der Waals surface area contributed by atoms with Crippen LogP contribution in [0, 0.1) is 0 Å². The highest BCUT2D eigenvalue weighted by Gasteiger charge is 2.26. The normalized spacial score (nSPS) is 11.2. The Labute approximate surface area is 130 Å². The van der Waals surface area contributed by atoms with Gasteiger partial charge >= 0.3 is 0 Å². The topological polar surface area (TPSA) is 91.5 Å². The van der Waals surface area contributed by atoms with Crippen molar-refractivity contribution >= 4 is 28.3 Å². The molecule has 0 bridgehead atoms. The summed E-state index contributed by atoms with van der Waals surface area (Å²) in [5, 5.41) is 12.9. The van der Waals surface area contributed by atoms with Crippen molar-refractivity contribution in [1.82, 2.24) is 9.69 Å². The molecule has 6 nitrogen and oxygen atoms in total. The Morgan fingerprint density at radius 2 is 2.05 bits per heavy atom. The van der Waals surface area contributed by atoms with E-state index in [2.05, 4.69) is 23.5 Å². The second-order valence-corrected chi connectivity index (χ2v) is 6.02. The van der Waals surface area contributed by atoms with E-state index in [0.717, 1.165) is 17.8 Å². The van der Waals surface area contributed by atoms with Crippen LogP contribution in [0.2, 0.25) is 0 Å². The molecule has 0 saturated heterocycles. The monoisotopic (exact) mass is 314 g/mol. The minimum atomic E-state index is -0.208. The number of nitrogens with two attached hydrogens (primary N) is 1. The second kappa shape index (κ2) is 8.19. The van der Waals surface area contributed by atoms with Gasteiger partial charge in [0.2, 0.25) is 0 Å². The molecule has 0 fully saturated rings. The highest BCUT2D eigenvalue weighted by atomic mass is 32.1. The number of nitrogens with one attached hydrogen (secondary N) is 1. The van der Waals surface area contributed by atoms with Crippen LogP contribution in [0.25, 0.3) is 0 Å². The van der Waals surface area contributed by atoms with Crippen molar-refractivity contribution in [3.05, 3.63) is 5.56 Å². The Balaban J connectivity index is 3.17. The van der Waals surface area contributed by atoms with Crippen LogP contribution in [0.4, 0.5) is 10.8 Å². The lowest BCUT2D eigenvalue weighted by Crippen LogP contribution is -2.38. The van der Waals surface area contributed by atoms with E-state index in [1.807, 2.05) is 18.7 Å². The SMILES string of the molecule is CCC(CC)N(CCO)c1snc(N)c1C(=O)NC(C)C. The average Bonchev–Trinajstić information content (AvgIpc) is 2.80. The first-order chi connectivity index (χ1) is 9.96. The summed E-state index contributed by atoms with van der Waals surface area (Å²) in [4.78, 5) is 14.4. The van der Waals surface area contributed by atoms with Crippen LogP contribution < -0.4 is 16.0 Å². The zero-order chi connectivity index (χ0) is 16.0. The van der Waals surface area contributed by atoms with Gasteiger partial charge in [0.1, 0.15) is 10.6 Å². The first-order valence-electron chi connectivity index (χ1n) is 7.39. The maximum Gasteiger partial charge on any atom is 0.258 e. The molecule has 0 radical (unpaired) electrons. The highest BCUT2D eigenvalue weighted by molar-refractivity contribution is 7.11. The van der Waals surface area contributed by atoms with Gasteiger partial charge in [-0.1, -0.05) is 13.8 Å². The molecular formula is C14H26N4O2S. The lowest BCUT2D eigenvalue weighted by molar-refractivity contribution is 0.0944. The number of aromatic nitrogens is 1. The molecule has 0 atom stereocenters. The van der Waals surface area contributed by atoms with Crippen LogP contribution in [0.3, 0.4) is 0 Å². The molecule has 0 saturated carbocycles. The number of carbonyl (C=O) groups is 1. The lowest BCUT2D eigenvalue weighted by Gasteiger charge is -2.31. The molecule has 7 heteroatoms. The molecule has 0 aliphatic heterocycles. The summed E-state index contributed by atoms with van der Waals surface area (Å²) in [5.41, 5.74) is 6.31. The number of amides is 1.